The summed E-state index contributed by atoms with van der Waals surface area (Å²) >= 11 is 1.60. The summed E-state index contributed by atoms with van der Waals surface area (Å²) in [4.78, 5) is 15.6. The van der Waals surface area contributed by atoms with Crippen LogP contribution in [-0.4, -0.2) is 31.0 Å². The van der Waals surface area contributed by atoms with Crippen LogP contribution in [0, 0.1) is 0 Å². The van der Waals surface area contributed by atoms with Gasteiger partial charge in [-0.2, -0.15) is 8.42 Å². The fourth-order valence-electron chi connectivity index (χ4n) is 2.52. The number of carbonyl (C=O) groups is 1. The van der Waals surface area contributed by atoms with E-state index in [9.17, 15) is 13.2 Å². The van der Waals surface area contributed by atoms with E-state index in [1.165, 1.54) is 6.92 Å². The molecule has 0 spiro atoms. The summed E-state index contributed by atoms with van der Waals surface area (Å²) in [7, 11) is -3.52. The molecule has 5 nitrogen and oxygen atoms in total. The van der Waals surface area contributed by atoms with Crippen molar-refractivity contribution in [1.82, 2.24) is 4.90 Å². The van der Waals surface area contributed by atoms with E-state index in [4.69, 9.17) is 4.18 Å². The minimum absolute atomic E-state index is 0.0680. The van der Waals surface area contributed by atoms with E-state index in [1.807, 2.05) is 34.5 Å². The maximum atomic E-state index is 12.6. The van der Waals surface area contributed by atoms with Crippen molar-refractivity contribution in [1.29, 1.82) is 0 Å². The predicted molar refractivity (Wildman–Crippen MR) is 98.1 cm³/mol. The zero-order valence-electron chi connectivity index (χ0n) is 14.1. The second-order valence-electron chi connectivity index (χ2n) is 6.08. The standard InChI is InChI=1S/C18H21NO4S2/c1-2-25(21,22)23-16-9-5-14(6-10-16)13-19(15-7-8-15)18(20)12-17-4-3-11-24-17/h3-6,9-11,15H,2,7-8,12-13H2,1H3. The van der Waals surface area contributed by atoms with Crippen molar-refractivity contribution in [2.75, 3.05) is 5.75 Å². The van der Waals surface area contributed by atoms with E-state index < -0.39 is 10.1 Å². The molecule has 1 aromatic carbocycles. The van der Waals surface area contributed by atoms with Gasteiger partial charge in [0.05, 0.1) is 12.2 Å². The summed E-state index contributed by atoms with van der Waals surface area (Å²) in [5.41, 5.74) is 0.965. The van der Waals surface area contributed by atoms with Crippen molar-refractivity contribution in [2.24, 2.45) is 0 Å². The lowest BCUT2D eigenvalue weighted by Gasteiger charge is -2.22. The molecular weight excluding hydrogens is 358 g/mol. The Hall–Kier alpha value is -1.86. The van der Waals surface area contributed by atoms with Crippen LogP contribution in [-0.2, 0) is 27.9 Å². The number of hydrogen-bond acceptors (Lipinski definition) is 5. The van der Waals surface area contributed by atoms with Crippen molar-refractivity contribution in [3.63, 3.8) is 0 Å². The van der Waals surface area contributed by atoms with Gasteiger partial charge in [0.2, 0.25) is 5.91 Å². The molecule has 0 N–H and O–H groups in total. The van der Waals surface area contributed by atoms with Crippen LogP contribution >= 0.6 is 11.3 Å². The highest BCUT2D eigenvalue weighted by atomic mass is 32.2. The molecule has 1 saturated carbocycles. The highest BCUT2D eigenvalue weighted by Gasteiger charge is 2.32. The van der Waals surface area contributed by atoms with Crippen LogP contribution < -0.4 is 4.18 Å². The number of thiophene rings is 1. The zero-order valence-corrected chi connectivity index (χ0v) is 15.7. The molecule has 25 heavy (non-hydrogen) atoms. The Labute approximate surface area is 152 Å². The van der Waals surface area contributed by atoms with Gasteiger partial charge in [0, 0.05) is 17.5 Å². The van der Waals surface area contributed by atoms with Crippen molar-refractivity contribution in [3.8, 4) is 5.75 Å². The second-order valence-corrected chi connectivity index (χ2v) is 8.97. The second kappa shape index (κ2) is 7.58. The van der Waals surface area contributed by atoms with Crippen LogP contribution in [0.25, 0.3) is 0 Å². The van der Waals surface area contributed by atoms with E-state index >= 15 is 0 Å². The highest BCUT2D eigenvalue weighted by molar-refractivity contribution is 7.87. The molecule has 0 radical (unpaired) electrons. The molecule has 134 valence electrons. The van der Waals surface area contributed by atoms with Gasteiger partial charge in [-0.25, -0.2) is 0 Å². The molecule has 0 unspecified atom stereocenters. The van der Waals surface area contributed by atoms with Crippen molar-refractivity contribution in [2.45, 2.75) is 38.8 Å². The summed E-state index contributed by atoms with van der Waals surface area (Å²) in [6, 6.07) is 11.2. The monoisotopic (exact) mass is 379 g/mol. The number of amides is 1. The first-order chi connectivity index (χ1) is 12.0. The molecule has 1 aliphatic carbocycles. The van der Waals surface area contributed by atoms with E-state index in [0.29, 0.717) is 24.8 Å². The van der Waals surface area contributed by atoms with Gasteiger partial charge in [-0.1, -0.05) is 18.2 Å². The molecule has 1 aromatic heterocycles. The molecule has 0 saturated heterocycles. The SMILES string of the molecule is CCS(=O)(=O)Oc1ccc(CN(C(=O)Cc2cccs2)C2CC2)cc1. The topological polar surface area (TPSA) is 63.7 Å². The fraction of sp³-hybridized carbons (Fsp3) is 0.389. The third kappa shape index (κ3) is 5.06. The minimum atomic E-state index is -3.52. The average molecular weight is 380 g/mol. The Balaban J connectivity index is 1.65. The van der Waals surface area contributed by atoms with Crippen LogP contribution in [0.4, 0.5) is 0 Å². The van der Waals surface area contributed by atoms with Gasteiger partial charge in [-0.15, -0.1) is 11.3 Å². The van der Waals surface area contributed by atoms with Crippen LogP contribution in [0.15, 0.2) is 41.8 Å². The molecule has 1 amide bonds. The maximum absolute atomic E-state index is 12.6. The van der Waals surface area contributed by atoms with E-state index in [1.54, 1.807) is 23.5 Å². The lowest BCUT2D eigenvalue weighted by Crippen LogP contribution is -2.33. The third-order valence-electron chi connectivity index (χ3n) is 4.07. The van der Waals surface area contributed by atoms with Crippen LogP contribution in [0.3, 0.4) is 0 Å². The van der Waals surface area contributed by atoms with Gasteiger partial charge in [0.25, 0.3) is 0 Å². The Kier molecular flexibility index (Phi) is 5.44. The summed E-state index contributed by atoms with van der Waals surface area (Å²) in [6.07, 6.45) is 2.53. The molecule has 3 rings (SSSR count). The Morgan fingerprint density at radius 3 is 2.52 bits per heavy atom. The largest absolute Gasteiger partial charge is 0.382 e. The van der Waals surface area contributed by atoms with Gasteiger partial charge in [-0.3, -0.25) is 4.79 Å². The molecule has 0 atom stereocenters. The first-order valence-corrected chi connectivity index (χ1v) is 10.8. The average Bonchev–Trinajstić information content (AvgIpc) is 3.30. The molecule has 2 aromatic rings. The predicted octanol–water partition coefficient (Wildman–Crippen LogP) is 3.21. The van der Waals surface area contributed by atoms with Crippen molar-refractivity contribution >= 4 is 27.4 Å². The molecule has 0 bridgehead atoms. The first-order valence-electron chi connectivity index (χ1n) is 8.30. The summed E-state index contributed by atoms with van der Waals surface area (Å²) in [5.74, 6) is 0.369. The molecule has 1 aliphatic rings. The lowest BCUT2D eigenvalue weighted by atomic mass is 10.2. The molecule has 0 aliphatic heterocycles. The number of carbonyl (C=O) groups excluding carboxylic acids is 1. The number of benzene rings is 1. The van der Waals surface area contributed by atoms with Gasteiger partial charge in [0.1, 0.15) is 5.75 Å². The quantitative estimate of drug-likeness (QED) is 0.661. The number of hydrogen-bond donors (Lipinski definition) is 0. The molecule has 7 heteroatoms. The molecule has 1 fully saturated rings. The number of nitrogens with zero attached hydrogens (tertiary/aromatic N) is 1. The normalized spacial score (nSPS) is 14.3. The van der Waals surface area contributed by atoms with Crippen molar-refractivity contribution < 1.29 is 17.4 Å². The summed E-state index contributed by atoms with van der Waals surface area (Å²) < 4.78 is 28.0. The number of rotatable bonds is 8. The minimum Gasteiger partial charge on any atom is -0.382 e. The van der Waals surface area contributed by atoms with Gasteiger partial charge < -0.3 is 9.08 Å². The fourth-order valence-corrected chi connectivity index (χ4v) is 3.74. The lowest BCUT2D eigenvalue weighted by molar-refractivity contribution is -0.131. The van der Waals surface area contributed by atoms with E-state index in [0.717, 1.165) is 23.3 Å². The van der Waals surface area contributed by atoms with Gasteiger partial charge >= 0.3 is 10.1 Å². The van der Waals surface area contributed by atoms with Gasteiger partial charge in [0.15, 0.2) is 0 Å². The van der Waals surface area contributed by atoms with Crippen molar-refractivity contribution in [3.05, 3.63) is 52.2 Å². The Bertz CT molecular complexity index is 809. The van der Waals surface area contributed by atoms with Gasteiger partial charge in [-0.05, 0) is 48.9 Å². The Morgan fingerprint density at radius 1 is 1.24 bits per heavy atom. The molecule has 1 heterocycles. The Morgan fingerprint density at radius 2 is 1.96 bits per heavy atom. The third-order valence-corrected chi connectivity index (χ3v) is 6.10. The van der Waals surface area contributed by atoms with Crippen LogP contribution in [0.1, 0.15) is 30.2 Å². The van der Waals surface area contributed by atoms with Crippen LogP contribution in [0.2, 0.25) is 0 Å². The van der Waals surface area contributed by atoms with E-state index in [2.05, 4.69) is 0 Å². The van der Waals surface area contributed by atoms with E-state index in [-0.39, 0.29) is 11.7 Å². The summed E-state index contributed by atoms with van der Waals surface area (Å²) in [6.45, 7) is 2.08. The first kappa shape index (κ1) is 17.9. The highest BCUT2D eigenvalue weighted by Crippen LogP contribution is 2.29. The van der Waals surface area contributed by atoms with Crippen LogP contribution in [0.5, 0.6) is 5.75 Å². The maximum Gasteiger partial charge on any atom is 0.308 e. The summed E-state index contributed by atoms with van der Waals surface area (Å²) in [5, 5.41) is 1.98. The zero-order chi connectivity index (χ0) is 17.9. The smallest absolute Gasteiger partial charge is 0.308 e. The molecular formula is C18H21NO4S2.